The number of ether oxygens (including phenoxy) is 1. The van der Waals surface area contributed by atoms with Gasteiger partial charge < -0.3 is 10.1 Å². The highest BCUT2D eigenvalue weighted by Crippen LogP contribution is 2.54. The molecule has 0 amide bonds. The van der Waals surface area contributed by atoms with Crippen LogP contribution in [0.3, 0.4) is 0 Å². The Bertz CT molecular complexity index is 542. The van der Waals surface area contributed by atoms with Crippen molar-refractivity contribution in [3.63, 3.8) is 0 Å². The van der Waals surface area contributed by atoms with Crippen LogP contribution in [0, 0.1) is 5.92 Å². The fraction of sp³-hybridized carbons (Fsp3) is 0.684. The van der Waals surface area contributed by atoms with Crippen LogP contribution >= 0.6 is 11.6 Å². The summed E-state index contributed by atoms with van der Waals surface area (Å²) in [5.41, 5.74) is 3.59. The lowest BCUT2D eigenvalue weighted by Gasteiger charge is -2.56. The summed E-state index contributed by atoms with van der Waals surface area (Å²) < 4.78 is 5.93. The molecule has 2 bridgehead atoms. The zero-order chi connectivity index (χ0) is 15.0. The molecule has 1 aromatic rings. The van der Waals surface area contributed by atoms with E-state index < -0.39 is 0 Å². The summed E-state index contributed by atoms with van der Waals surface area (Å²) in [5, 5.41) is 3.80. The number of hydrogen-bond acceptors (Lipinski definition) is 2. The molecule has 1 aromatic carbocycles. The molecule has 2 nitrogen and oxygen atoms in total. The molecule has 22 heavy (non-hydrogen) atoms. The van der Waals surface area contributed by atoms with Crippen LogP contribution in [0.2, 0.25) is 0 Å². The maximum Gasteiger partial charge on any atom is 0.119 e. The van der Waals surface area contributed by atoms with Crippen molar-refractivity contribution in [2.75, 3.05) is 19.0 Å². The van der Waals surface area contributed by atoms with Gasteiger partial charge in [0.05, 0.1) is 6.61 Å². The van der Waals surface area contributed by atoms with Crippen molar-refractivity contribution in [3.05, 3.63) is 29.3 Å². The second-order valence-corrected chi connectivity index (χ2v) is 7.61. The molecule has 4 rings (SSSR count). The predicted octanol–water partition coefficient (Wildman–Crippen LogP) is 4.04. The average Bonchev–Trinajstić information content (AvgIpc) is 2.55. The van der Waals surface area contributed by atoms with Crippen LogP contribution in [0.1, 0.15) is 49.7 Å². The lowest BCUT2D eigenvalue weighted by Crippen LogP contribution is -2.59. The molecule has 0 unspecified atom stereocenters. The normalized spacial score (nSPS) is 33.0. The lowest BCUT2D eigenvalue weighted by molar-refractivity contribution is 0.0794. The van der Waals surface area contributed by atoms with Crippen LogP contribution < -0.4 is 10.1 Å². The van der Waals surface area contributed by atoms with Gasteiger partial charge in [-0.15, -0.1) is 11.6 Å². The minimum Gasteiger partial charge on any atom is -0.494 e. The SMILES string of the molecule is ClCCCOc1ccc2c(c1)[C@@]13CCCC[C@H]1[C@@H](C2)NCC3. The summed E-state index contributed by atoms with van der Waals surface area (Å²) >= 11 is 5.76. The summed E-state index contributed by atoms with van der Waals surface area (Å²) in [7, 11) is 0. The van der Waals surface area contributed by atoms with Gasteiger partial charge in [-0.3, -0.25) is 0 Å². The van der Waals surface area contributed by atoms with Crippen molar-refractivity contribution in [1.29, 1.82) is 0 Å². The van der Waals surface area contributed by atoms with Gasteiger partial charge in [0, 0.05) is 17.3 Å². The lowest BCUT2D eigenvalue weighted by atomic mass is 9.53. The Balaban J connectivity index is 1.69. The maximum atomic E-state index is 5.93. The molecule has 1 saturated heterocycles. The Morgan fingerprint density at radius 1 is 1.27 bits per heavy atom. The van der Waals surface area contributed by atoms with E-state index in [9.17, 15) is 0 Å². The molecule has 3 aliphatic rings. The third kappa shape index (κ3) is 2.35. The number of nitrogens with one attached hydrogen (secondary N) is 1. The summed E-state index contributed by atoms with van der Waals surface area (Å²) in [4.78, 5) is 0. The Morgan fingerprint density at radius 3 is 3.14 bits per heavy atom. The van der Waals surface area contributed by atoms with Crippen molar-refractivity contribution in [1.82, 2.24) is 5.32 Å². The number of alkyl halides is 1. The predicted molar refractivity (Wildman–Crippen MR) is 91.0 cm³/mol. The molecular formula is C19H26ClNO. The quantitative estimate of drug-likeness (QED) is 0.668. The zero-order valence-corrected chi connectivity index (χ0v) is 14.0. The van der Waals surface area contributed by atoms with Crippen LogP contribution in [0.15, 0.2) is 18.2 Å². The van der Waals surface area contributed by atoms with Crippen molar-refractivity contribution < 1.29 is 4.74 Å². The van der Waals surface area contributed by atoms with Crippen LogP contribution in [0.25, 0.3) is 0 Å². The van der Waals surface area contributed by atoms with E-state index in [-0.39, 0.29) is 0 Å². The first-order valence-electron chi connectivity index (χ1n) is 8.89. The number of piperidine rings is 1. The Labute approximate surface area is 138 Å². The summed E-state index contributed by atoms with van der Waals surface area (Å²) in [6.45, 7) is 1.90. The fourth-order valence-electron chi connectivity index (χ4n) is 5.24. The number of halogens is 1. The molecule has 2 fully saturated rings. The Kier molecular flexibility index (Phi) is 4.08. The molecule has 0 radical (unpaired) electrons. The molecular weight excluding hydrogens is 294 g/mol. The molecule has 1 aliphatic heterocycles. The summed E-state index contributed by atoms with van der Waals surface area (Å²) in [5.74, 6) is 2.55. The zero-order valence-electron chi connectivity index (χ0n) is 13.2. The Morgan fingerprint density at radius 2 is 2.23 bits per heavy atom. The standard InChI is InChI=1S/C19H26ClNO/c20-9-3-11-22-15-6-5-14-12-18-16-4-1-2-7-19(16,8-10-21-18)17(14)13-15/h5-6,13,16,18,21H,1-4,7-12H2/t16-,18+,19+/m0/s1. The van der Waals surface area contributed by atoms with Crippen molar-refractivity contribution in [2.24, 2.45) is 5.92 Å². The average molecular weight is 320 g/mol. The van der Waals surface area contributed by atoms with Gasteiger partial charge in [-0.25, -0.2) is 0 Å². The van der Waals surface area contributed by atoms with E-state index in [1.807, 2.05) is 0 Å². The monoisotopic (exact) mass is 319 g/mol. The van der Waals surface area contributed by atoms with E-state index in [2.05, 4.69) is 23.5 Å². The second kappa shape index (κ2) is 6.05. The topological polar surface area (TPSA) is 21.3 Å². The highest BCUT2D eigenvalue weighted by molar-refractivity contribution is 6.17. The number of benzene rings is 1. The first kappa shape index (κ1) is 14.8. The smallest absolute Gasteiger partial charge is 0.119 e. The Hall–Kier alpha value is -0.730. The van der Waals surface area contributed by atoms with E-state index in [0.29, 0.717) is 17.3 Å². The first-order valence-corrected chi connectivity index (χ1v) is 9.42. The first-order chi connectivity index (χ1) is 10.8. The minimum atomic E-state index is 0.424. The third-order valence-electron chi connectivity index (χ3n) is 6.17. The van der Waals surface area contributed by atoms with Gasteiger partial charge >= 0.3 is 0 Å². The summed E-state index contributed by atoms with van der Waals surface area (Å²) in [6, 6.07) is 7.54. The molecule has 1 N–H and O–H groups in total. The van der Waals surface area contributed by atoms with E-state index >= 15 is 0 Å². The molecule has 120 valence electrons. The van der Waals surface area contributed by atoms with Gasteiger partial charge in [0.1, 0.15) is 5.75 Å². The molecule has 1 saturated carbocycles. The van der Waals surface area contributed by atoms with Crippen molar-refractivity contribution >= 4 is 11.6 Å². The van der Waals surface area contributed by atoms with Gasteiger partial charge in [0.25, 0.3) is 0 Å². The number of hydrogen-bond donors (Lipinski definition) is 1. The second-order valence-electron chi connectivity index (χ2n) is 7.23. The van der Waals surface area contributed by atoms with Gasteiger partial charge in [-0.05, 0) is 67.8 Å². The van der Waals surface area contributed by atoms with E-state index in [1.54, 1.807) is 11.1 Å². The van der Waals surface area contributed by atoms with E-state index in [1.165, 1.54) is 45.1 Å². The van der Waals surface area contributed by atoms with Crippen molar-refractivity contribution in [3.8, 4) is 5.75 Å². The van der Waals surface area contributed by atoms with Crippen LogP contribution in [-0.4, -0.2) is 25.1 Å². The third-order valence-corrected chi connectivity index (χ3v) is 6.43. The number of fused-ring (bicyclic) bond motifs is 1. The molecule has 1 heterocycles. The molecule has 3 atom stereocenters. The molecule has 2 aliphatic carbocycles. The van der Waals surface area contributed by atoms with Crippen LogP contribution in [-0.2, 0) is 11.8 Å². The fourth-order valence-corrected chi connectivity index (χ4v) is 5.35. The molecule has 3 heteroatoms. The number of rotatable bonds is 4. The van der Waals surface area contributed by atoms with Gasteiger partial charge in [0.15, 0.2) is 0 Å². The molecule has 0 spiro atoms. The van der Waals surface area contributed by atoms with Gasteiger partial charge in [-0.1, -0.05) is 18.9 Å². The van der Waals surface area contributed by atoms with Gasteiger partial charge in [-0.2, -0.15) is 0 Å². The minimum absolute atomic E-state index is 0.424. The van der Waals surface area contributed by atoms with E-state index in [4.69, 9.17) is 16.3 Å². The highest BCUT2D eigenvalue weighted by atomic mass is 35.5. The van der Waals surface area contributed by atoms with Crippen LogP contribution in [0.4, 0.5) is 0 Å². The largest absolute Gasteiger partial charge is 0.494 e. The van der Waals surface area contributed by atoms with Crippen molar-refractivity contribution in [2.45, 2.75) is 56.4 Å². The van der Waals surface area contributed by atoms with E-state index in [0.717, 1.165) is 24.7 Å². The maximum absolute atomic E-state index is 5.93. The van der Waals surface area contributed by atoms with Crippen LogP contribution in [0.5, 0.6) is 5.75 Å². The molecule has 0 aromatic heterocycles. The van der Waals surface area contributed by atoms with Gasteiger partial charge in [0.2, 0.25) is 0 Å². The summed E-state index contributed by atoms with van der Waals surface area (Å²) in [6.07, 6.45) is 8.97. The highest BCUT2D eigenvalue weighted by Gasteiger charge is 2.51.